The van der Waals surface area contributed by atoms with Gasteiger partial charge in [-0.15, -0.1) is 0 Å². The molecule has 0 aliphatic rings. The van der Waals surface area contributed by atoms with Crippen LogP contribution in [0.5, 0.6) is 0 Å². The lowest BCUT2D eigenvalue weighted by Crippen LogP contribution is -2.45. The molecule has 0 unspecified atom stereocenters. The Bertz CT molecular complexity index is 250. The van der Waals surface area contributed by atoms with Crippen LogP contribution in [0.4, 0.5) is 17.6 Å². The van der Waals surface area contributed by atoms with E-state index in [2.05, 4.69) is 0 Å². The van der Waals surface area contributed by atoms with Crippen molar-refractivity contribution in [3.63, 3.8) is 0 Å². The van der Waals surface area contributed by atoms with Gasteiger partial charge < -0.3 is 5.32 Å². The normalized spacial score (nSPS) is 11.2. The maximum atomic E-state index is 12.3. The molecule has 0 saturated carbocycles. The Kier molecular flexibility index (Phi) is 5.67. The summed E-state index contributed by atoms with van der Waals surface area (Å²) < 4.78 is 47.9. The van der Waals surface area contributed by atoms with Crippen molar-refractivity contribution < 1.29 is 22.4 Å². The number of hydrogen-bond acceptors (Lipinski definition) is 2. The van der Waals surface area contributed by atoms with Crippen molar-refractivity contribution in [2.45, 2.75) is 31.6 Å². The van der Waals surface area contributed by atoms with E-state index in [-0.39, 0.29) is 13.0 Å². The molecule has 1 N–H and O–H groups in total. The minimum absolute atomic E-state index is 0.136. The molecule has 7 heteroatoms. The summed E-state index contributed by atoms with van der Waals surface area (Å²) in [6, 6.07) is 1.82. The van der Waals surface area contributed by atoms with Crippen LogP contribution in [0.2, 0.25) is 0 Å². The van der Waals surface area contributed by atoms with E-state index in [0.717, 1.165) is 0 Å². The number of amides is 1. The summed E-state index contributed by atoms with van der Waals surface area (Å²) in [5, 5.41) is 9.81. The van der Waals surface area contributed by atoms with Gasteiger partial charge in [0, 0.05) is 13.0 Å². The lowest BCUT2D eigenvalue weighted by molar-refractivity contribution is -0.169. The monoisotopic (exact) mass is 226 g/mol. The second-order valence-electron chi connectivity index (χ2n) is 2.79. The molecule has 86 valence electrons. The highest BCUT2D eigenvalue weighted by Gasteiger charge is 2.48. The second kappa shape index (κ2) is 6.22. The zero-order chi connectivity index (χ0) is 11.9. The molecule has 1 amide bonds. The standard InChI is InChI=1S/C8H10F4N2O/c9-6(10)8(11,12)7(15)14-5-3-1-2-4-13/h6H,1-3,5H2,(H,14,15). The maximum Gasteiger partial charge on any atom is 0.383 e. The fraction of sp³-hybridized carbons (Fsp3) is 0.750. The molecule has 0 saturated heterocycles. The van der Waals surface area contributed by atoms with E-state index < -0.39 is 18.3 Å². The van der Waals surface area contributed by atoms with Gasteiger partial charge in [0.05, 0.1) is 6.07 Å². The molecule has 0 spiro atoms. The fourth-order valence-corrected chi connectivity index (χ4v) is 0.748. The molecular formula is C8H10F4N2O. The zero-order valence-electron chi connectivity index (χ0n) is 7.77. The van der Waals surface area contributed by atoms with E-state index in [0.29, 0.717) is 12.8 Å². The summed E-state index contributed by atoms with van der Waals surface area (Å²) in [7, 11) is 0. The lowest BCUT2D eigenvalue weighted by Gasteiger charge is -2.14. The molecule has 0 aromatic carbocycles. The number of carbonyl (C=O) groups excluding carboxylic acids is 1. The Morgan fingerprint density at radius 1 is 1.40 bits per heavy atom. The second-order valence-corrected chi connectivity index (χ2v) is 2.79. The molecule has 0 aromatic heterocycles. The number of unbranched alkanes of at least 4 members (excludes halogenated alkanes) is 2. The van der Waals surface area contributed by atoms with Crippen LogP contribution >= 0.6 is 0 Å². The molecule has 0 aliphatic carbocycles. The fourth-order valence-electron chi connectivity index (χ4n) is 0.748. The van der Waals surface area contributed by atoms with Crippen LogP contribution in [-0.2, 0) is 4.79 Å². The van der Waals surface area contributed by atoms with Crippen LogP contribution in [0.3, 0.4) is 0 Å². The van der Waals surface area contributed by atoms with Gasteiger partial charge in [-0.1, -0.05) is 0 Å². The van der Waals surface area contributed by atoms with Gasteiger partial charge in [-0.25, -0.2) is 8.78 Å². The van der Waals surface area contributed by atoms with Gasteiger partial charge >= 0.3 is 12.3 Å². The van der Waals surface area contributed by atoms with E-state index in [9.17, 15) is 22.4 Å². The van der Waals surface area contributed by atoms with Crippen LogP contribution in [0.15, 0.2) is 0 Å². The number of nitrogens with one attached hydrogen (secondary N) is 1. The molecule has 0 radical (unpaired) electrons. The van der Waals surface area contributed by atoms with Crippen LogP contribution in [0, 0.1) is 11.3 Å². The number of nitriles is 1. The average Bonchev–Trinajstić information content (AvgIpc) is 2.16. The Morgan fingerprint density at radius 2 is 2.00 bits per heavy atom. The van der Waals surface area contributed by atoms with Gasteiger partial charge in [-0.05, 0) is 12.8 Å². The third-order valence-corrected chi connectivity index (χ3v) is 1.58. The quantitative estimate of drug-likeness (QED) is 0.553. The van der Waals surface area contributed by atoms with Crippen LogP contribution in [0.1, 0.15) is 19.3 Å². The van der Waals surface area contributed by atoms with Gasteiger partial charge in [0.1, 0.15) is 0 Å². The minimum Gasteiger partial charge on any atom is -0.351 e. The maximum absolute atomic E-state index is 12.3. The molecule has 0 aliphatic heterocycles. The predicted molar refractivity (Wildman–Crippen MR) is 43.4 cm³/mol. The topological polar surface area (TPSA) is 52.9 Å². The first-order chi connectivity index (χ1) is 6.92. The van der Waals surface area contributed by atoms with E-state index in [1.165, 1.54) is 0 Å². The third kappa shape index (κ3) is 4.63. The van der Waals surface area contributed by atoms with Crippen molar-refractivity contribution in [2.24, 2.45) is 0 Å². The summed E-state index contributed by atoms with van der Waals surface area (Å²) >= 11 is 0. The van der Waals surface area contributed by atoms with Gasteiger partial charge in [-0.3, -0.25) is 4.79 Å². The SMILES string of the molecule is N#CCCCCNC(=O)C(F)(F)C(F)F. The summed E-state index contributed by atoms with van der Waals surface area (Å²) in [5.41, 5.74) is 0. The van der Waals surface area contributed by atoms with Crippen LogP contribution in [-0.4, -0.2) is 24.8 Å². The van der Waals surface area contributed by atoms with Crippen LogP contribution in [0.25, 0.3) is 0 Å². The summed E-state index contributed by atoms with van der Waals surface area (Å²) in [6.07, 6.45) is -3.03. The highest BCUT2D eigenvalue weighted by atomic mass is 19.3. The molecular weight excluding hydrogens is 216 g/mol. The van der Waals surface area contributed by atoms with Gasteiger partial charge in [-0.2, -0.15) is 14.0 Å². The third-order valence-electron chi connectivity index (χ3n) is 1.58. The van der Waals surface area contributed by atoms with Crippen LogP contribution < -0.4 is 5.32 Å². The Balaban J connectivity index is 3.80. The first kappa shape index (κ1) is 13.7. The number of alkyl halides is 4. The number of rotatable bonds is 6. The smallest absolute Gasteiger partial charge is 0.351 e. The van der Waals surface area contributed by atoms with Gasteiger partial charge in [0.2, 0.25) is 0 Å². The highest BCUT2D eigenvalue weighted by Crippen LogP contribution is 2.22. The zero-order valence-corrected chi connectivity index (χ0v) is 7.77. The van der Waals surface area contributed by atoms with Gasteiger partial charge in [0.15, 0.2) is 0 Å². The Labute approximate surface area is 84.1 Å². The van der Waals surface area contributed by atoms with Crippen molar-refractivity contribution >= 4 is 5.91 Å². The first-order valence-corrected chi connectivity index (χ1v) is 4.24. The minimum atomic E-state index is -4.64. The molecule has 0 fully saturated rings. The van der Waals surface area contributed by atoms with E-state index in [1.54, 1.807) is 5.32 Å². The van der Waals surface area contributed by atoms with E-state index in [4.69, 9.17) is 5.26 Å². The molecule has 0 bridgehead atoms. The number of hydrogen-bond donors (Lipinski definition) is 1. The van der Waals surface area contributed by atoms with E-state index >= 15 is 0 Å². The number of halogens is 4. The van der Waals surface area contributed by atoms with Crippen molar-refractivity contribution in [2.75, 3.05) is 6.54 Å². The number of carbonyl (C=O) groups is 1. The average molecular weight is 226 g/mol. The molecule has 0 aromatic rings. The highest BCUT2D eigenvalue weighted by molar-refractivity contribution is 5.83. The summed E-state index contributed by atoms with van der Waals surface area (Å²) in [4.78, 5) is 10.5. The summed E-state index contributed by atoms with van der Waals surface area (Å²) in [5.74, 6) is -6.62. The predicted octanol–water partition coefficient (Wildman–Crippen LogP) is 1.70. The molecule has 0 heterocycles. The lowest BCUT2D eigenvalue weighted by atomic mass is 10.2. The van der Waals surface area contributed by atoms with Crippen molar-refractivity contribution in [3.8, 4) is 6.07 Å². The van der Waals surface area contributed by atoms with Crippen molar-refractivity contribution in [1.29, 1.82) is 5.26 Å². The van der Waals surface area contributed by atoms with Crippen molar-refractivity contribution in [1.82, 2.24) is 5.32 Å². The first-order valence-electron chi connectivity index (χ1n) is 4.24. The molecule has 3 nitrogen and oxygen atoms in total. The van der Waals surface area contributed by atoms with Crippen molar-refractivity contribution in [3.05, 3.63) is 0 Å². The Hall–Kier alpha value is -1.32. The van der Waals surface area contributed by atoms with Gasteiger partial charge in [0.25, 0.3) is 5.91 Å². The van der Waals surface area contributed by atoms with E-state index in [1.807, 2.05) is 6.07 Å². The molecule has 0 atom stereocenters. The largest absolute Gasteiger partial charge is 0.383 e. The summed E-state index contributed by atoms with van der Waals surface area (Å²) in [6.45, 7) is -0.136. The molecule has 15 heavy (non-hydrogen) atoms. The Morgan fingerprint density at radius 3 is 2.47 bits per heavy atom. The molecule has 0 rings (SSSR count). The number of nitrogens with zero attached hydrogens (tertiary/aromatic N) is 1.